The lowest BCUT2D eigenvalue weighted by Crippen LogP contribution is -1.96. The van der Waals surface area contributed by atoms with Crippen LogP contribution in [0.15, 0.2) is 22.2 Å². The quantitative estimate of drug-likeness (QED) is 0.802. The number of allylic oxidation sites excluding steroid dienone is 1. The van der Waals surface area contributed by atoms with Gasteiger partial charge in [-0.3, -0.25) is 9.97 Å². The van der Waals surface area contributed by atoms with Gasteiger partial charge in [0, 0.05) is 13.2 Å². The highest BCUT2D eigenvalue weighted by Crippen LogP contribution is 2.28. The highest BCUT2D eigenvalue weighted by molar-refractivity contribution is 9.10. The number of hydrogen-bond acceptors (Lipinski definition) is 4. The molecule has 0 atom stereocenters. The van der Waals surface area contributed by atoms with E-state index in [0.29, 0.717) is 0 Å². The third kappa shape index (κ3) is 3.06. The van der Waals surface area contributed by atoms with Gasteiger partial charge < -0.3 is 4.57 Å². The van der Waals surface area contributed by atoms with Crippen LogP contribution in [0.4, 0.5) is 0 Å². The zero-order chi connectivity index (χ0) is 14.0. The topological polar surface area (TPSA) is 43.6 Å². The van der Waals surface area contributed by atoms with Crippen molar-refractivity contribution in [1.82, 2.24) is 19.5 Å². The van der Waals surface area contributed by atoms with Crippen molar-refractivity contribution in [1.29, 1.82) is 0 Å². The van der Waals surface area contributed by atoms with Crippen molar-refractivity contribution in [2.75, 3.05) is 6.26 Å². The summed E-state index contributed by atoms with van der Waals surface area (Å²) in [5.41, 5.74) is 3.93. The number of imidazole rings is 1. The van der Waals surface area contributed by atoms with Gasteiger partial charge in [0.15, 0.2) is 5.16 Å². The molecule has 0 spiro atoms. The number of aromatic nitrogens is 4. The summed E-state index contributed by atoms with van der Waals surface area (Å²) >= 11 is 5.13. The minimum Gasteiger partial charge on any atom is -0.321 e. The number of thioether (sulfide) groups is 1. The first-order valence-corrected chi connectivity index (χ1v) is 7.78. The Morgan fingerprint density at radius 1 is 1.37 bits per heavy atom. The Kier molecular flexibility index (Phi) is 4.42. The number of rotatable bonds is 3. The molecule has 0 saturated heterocycles. The first-order valence-electron chi connectivity index (χ1n) is 5.76. The highest BCUT2D eigenvalue weighted by atomic mass is 79.9. The van der Waals surface area contributed by atoms with Crippen LogP contribution >= 0.6 is 27.7 Å². The highest BCUT2D eigenvalue weighted by Gasteiger charge is 2.13. The molecular formula is C13H15BrN4S. The Hall–Kier alpha value is -1.14. The summed E-state index contributed by atoms with van der Waals surface area (Å²) in [5, 5.41) is 0.976. The third-order valence-electron chi connectivity index (χ3n) is 2.73. The second kappa shape index (κ2) is 5.88. The van der Waals surface area contributed by atoms with E-state index in [1.165, 1.54) is 0 Å². The van der Waals surface area contributed by atoms with Crippen molar-refractivity contribution in [3.05, 3.63) is 34.1 Å². The predicted molar refractivity (Wildman–Crippen MR) is 83.0 cm³/mol. The first kappa shape index (κ1) is 14.3. The van der Waals surface area contributed by atoms with Crippen LogP contribution in [0.5, 0.6) is 0 Å². The van der Waals surface area contributed by atoms with E-state index in [-0.39, 0.29) is 0 Å². The molecule has 0 aliphatic rings. The minimum absolute atomic E-state index is 0.849. The van der Waals surface area contributed by atoms with Crippen molar-refractivity contribution < 1.29 is 0 Å². The van der Waals surface area contributed by atoms with Gasteiger partial charge in [-0.05, 0) is 47.7 Å². The van der Waals surface area contributed by atoms with Crippen LogP contribution in [0.1, 0.15) is 24.0 Å². The Morgan fingerprint density at radius 3 is 2.63 bits per heavy atom. The van der Waals surface area contributed by atoms with E-state index in [4.69, 9.17) is 0 Å². The number of halogens is 1. The lowest BCUT2D eigenvalue weighted by atomic mass is 10.2. The molecule has 2 aromatic rings. The molecule has 0 N–H and O–H groups in total. The fraction of sp³-hybridized carbons (Fsp3) is 0.308. The summed E-state index contributed by atoms with van der Waals surface area (Å²) in [6, 6.07) is 0. The predicted octanol–water partition coefficient (Wildman–Crippen LogP) is 3.56. The molecule has 6 heteroatoms. The van der Waals surface area contributed by atoms with Gasteiger partial charge in [0.25, 0.3) is 0 Å². The lowest BCUT2D eigenvalue weighted by Gasteiger charge is -2.05. The van der Waals surface area contributed by atoms with Crippen molar-refractivity contribution in [2.45, 2.75) is 19.0 Å². The van der Waals surface area contributed by atoms with Gasteiger partial charge in [0.2, 0.25) is 0 Å². The standard InChI is InChI=1S/C13H15BrN4S/c1-8(5-10-7-15-9(2)6-16-10)11-12(14)17-13(19-4)18(11)3/h5-7H,1-4H3/b8-5-. The van der Waals surface area contributed by atoms with Gasteiger partial charge in [0.05, 0.1) is 23.3 Å². The molecule has 0 bridgehead atoms. The van der Waals surface area contributed by atoms with Crippen LogP contribution < -0.4 is 0 Å². The monoisotopic (exact) mass is 338 g/mol. The van der Waals surface area contributed by atoms with Crippen LogP contribution in [-0.4, -0.2) is 25.8 Å². The summed E-state index contributed by atoms with van der Waals surface area (Å²) in [4.78, 5) is 13.1. The summed E-state index contributed by atoms with van der Waals surface area (Å²) in [5.74, 6) is 0. The smallest absolute Gasteiger partial charge is 0.169 e. The largest absolute Gasteiger partial charge is 0.321 e. The molecule has 2 rings (SSSR count). The molecule has 4 nitrogen and oxygen atoms in total. The molecule has 0 aromatic carbocycles. The summed E-state index contributed by atoms with van der Waals surface area (Å²) in [6.45, 7) is 3.98. The summed E-state index contributed by atoms with van der Waals surface area (Å²) in [6.07, 6.45) is 7.57. The van der Waals surface area contributed by atoms with E-state index in [0.717, 1.165) is 32.4 Å². The van der Waals surface area contributed by atoms with Gasteiger partial charge >= 0.3 is 0 Å². The van der Waals surface area contributed by atoms with E-state index in [2.05, 4.69) is 35.4 Å². The van der Waals surface area contributed by atoms with Gasteiger partial charge in [-0.1, -0.05) is 11.8 Å². The molecule has 0 unspecified atom stereocenters. The Labute approximate surface area is 125 Å². The van der Waals surface area contributed by atoms with Crippen LogP contribution in [0.3, 0.4) is 0 Å². The van der Waals surface area contributed by atoms with Crippen molar-refractivity contribution in [3.8, 4) is 0 Å². The summed E-state index contributed by atoms with van der Waals surface area (Å²) < 4.78 is 2.93. The molecule has 19 heavy (non-hydrogen) atoms. The van der Waals surface area contributed by atoms with Crippen molar-refractivity contribution >= 4 is 39.3 Å². The van der Waals surface area contributed by atoms with Gasteiger partial charge in [-0.2, -0.15) is 0 Å². The molecule has 2 aromatic heterocycles. The van der Waals surface area contributed by atoms with E-state index in [9.17, 15) is 0 Å². The average molecular weight is 339 g/mol. The van der Waals surface area contributed by atoms with Crippen molar-refractivity contribution in [2.24, 2.45) is 7.05 Å². The average Bonchev–Trinajstić information content (AvgIpc) is 2.67. The Balaban J connectivity index is 2.41. The number of aryl methyl sites for hydroxylation is 1. The van der Waals surface area contributed by atoms with Crippen LogP contribution in [0.2, 0.25) is 0 Å². The molecular weight excluding hydrogens is 324 g/mol. The maximum absolute atomic E-state index is 4.47. The van der Waals surface area contributed by atoms with E-state index < -0.39 is 0 Å². The second-order valence-corrected chi connectivity index (χ2v) is 5.73. The van der Waals surface area contributed by atoms with Gasteiger partial charge in [-0.25, -0.2) is 4.98 Å². The Bertz CT molecular complexity index is 616. The molecule has 0 radical (unpaired) electrons. The molecule has 0 saturated carbocycles. The zero-order valence-corrected chi connectivity index (χ0v) is 13.7. The fourth-order valence-corrected chi connectivity index (χ4v) is 3.23. The number of nitrogens with zero attached hydrogens (tertiary/aromatic N) is 4. The SMILES string of the molecule is CSc1nc(Br)c(/C(C)=C\c2cnc(C)cn2)n1C. The third-order valence-corrected chi connectivity index (χ3v) is 4.02. The molecule has 0 aliphatic heterocycles. The molecule has 0 amide bonds. The molecule has 100 valence electrons. The number of hydrogen-bond donors (Lipinski definition) is 0. The van der Waals surface area contributed by atoms with Crippen LogP contribution in [0.25, 0.3) is 11.6 Å². The lowest BCUT2D eigenvalue weighted by molar-refractivity contribution is 0.781. The maximum Gasteiger partial charge on any atom is 0.169 e. The normalized spacial score (nSPS) is 11.9. The van der Waals surface area contributed by atoms with E-state index in [1.807, 2.05) is 33.2 Å². The molecule has 0 fully saturated rings. The van der Waals surface area contributed by atoms with E-state index in [1.54, 1.807) is 24.2 Å². The first-order chi connectivity index (χ1) is 9.02. The zero-order valence-electron chi connectivity index (χ0n) is 11.3. The second-order valence-electron chi connectivity index (χ2n) is 4.21. The van der Waals surface area contributed by atoms with Crippen LogP contribution in [0, 0.1) is 6.92 Å². The summed E-state index contributed by atoms with van der Waals surface area (Å²) in [7, 11) is 2.01. The van der Waals surface area contributed by atoms with Crippen LogP contribution in [-0.2, 0) is 7.05 Å². The van der Waals surface area contributed by atoms with Gasteiger partial charge in [-0.15, -0.1) is 0 Å². The fourth-order valence-electron chi connectivity index (χ4n) is 1.82. The van der Waals surface area contributed by atoms with E-state index >= 15 is 0 Å². The molecule has 2 heterocycles. The van der Waals surface area contributed by atoms with Crippen molar-refractivity contribution in [3.63, 3.8) is 0 Å². The Morgan fingerprint density at radius 2 is 2.11 bits per heavy atom. The van der Waals surface area contributed by atoms with Gasteiger partial charge in [0.1, 0.15) is 4.60 Å². The minimum atomic E-state index is 0.849. The molecule has 0 aliphatic carbocycles. The maximum atomic E-state index is 4.47.